The zero-order valence-corrected chi connectivity index (χ0v) is 18.2. The largest absolute Gasteiger partial charge is 0.462 e. The zero-order valence-electron chi connectivity index (χ0n) is 17.3. The Kier molecular flexibility index (Phi) is 8.70. The number of esters is 1. The Labute approximate surface area is 172 Å². The third-order valence-corrected chi connectivity index (χ3v) is 6.62. The number of rotatable bonds is 10. The van der Waals surface area contributed by atoms with E-state index < -0.39 is 43.6 Å². The van der Waals surface area contributed by atoms with Crippen LogP contribution in [0.25, 0.3) is 0 Å². The predicted octanol–water partition coefficient (Wildman–Crippen LogP) is 3.45. The smallest absolute Gasteiger partial charge is 0.393 e. The van der Waals surface area contributed by atoms with Gasteiger partial charge in [-0.2, -0.15) is 0 Å². The Morgan fingerprint density at radius 2 is 1.93 bits per heavy atom. The number of para-hydroxylation sites is 1. The lowest BCUT2D eigenvalue weighted by molar-refractivity contribution is -0.146. The van der Waals surface area contributed by atoms with Crippen LogP contribution >= 0.6 is 7.60 Å². The maximum Gasteiger partial charge on any atom is 0.393 e. The molecule has 0 amide bonds. The molecule has 0 saturated carbocycles. The number of hydrogen-bond acceptors (Lipinski definition) is 7. The number of alkyl halides is 1. The molecule has 0 N–H and O–H groups in total. The highest BCUT2D eigenvalue weighted by Crippen LogP contribution is 2.53. The Balaban J connectivity index is 2.19. The lowest BCUT2D eigenvalue weighted by Crippen LogP contribution is -2.35. The summed E-state index contributed by atoms with van der Waals surface area (Å²) in [5.74, 6) is -0.433. The fraction of sp³-hybridized carbons (Fsp3) is 0.632. The van der Waals surface area contributed by atoms with Gasteiger partial charge in [0.05, 0.1) is 18.7 Å². The molecule has 29 heavy (non-hydrogen) atoms. The summed E-state index contributed by atoms with van der Waals surface area (Å²) in [5.41, 5.74) is -1.19. The first kappa shape index (κ1) is 23.9. The van der Waals surface area contributed by atoms with Crippen molar-refractivity contribution in [1.82, 2.24) is 0 Å². The van der Waals surface area contributed by atoms with Crippen LogP contribution in [0.2, 0.25) is 6.82 Å². The Morgan fingerprint density at radius 1 is 1.28 bits per heavy atom. The van der Waals surface area contributed by atoms with Gasteiger partial charge >= 0.3 is 13.6 Å². The standard InChI is InChI=1S/C19H28BFO7P/c1-12(2)26-19(22)13(3)29(23,28-14-9-7-6-8-10-14)25-11-15-17(24-5)16(21)18(20-4)27-15/h6-10,12-13,15-18H,11H2,1-5H3/t13-,15+,16?,17-,18+,29?/m0/s1. The van der Waals surface area contributed by atoms with E-state index in [4.69, 9.17) is 23.3 Å². The molecule has 1 aromatic carbocycles. The molecule has 0 bridgehead atoms. The van der Waals surface area contributed by atoms with Gasteiger partial charge in [-0.25, -0.2) is 8.96 Å². The number of carbonyl (C=O) groups is 1. The first-order valence-electron chi connectivity index (χ1n) is 9.53. The van der Waals surface area contributed by atoms with Crippen LogP contribution in [0.15, 0.2) is 30.3 Å². The zero-order chi connectivity index (χ0) is 21.6. The molecule has 1 heterocycles. The summed E-state index contributed by atoms with van der Waals surface area (Å²) >= 11 is 0. The van der Waals surface area contributed by atoms with Crippen LogP contribution in [-0.2, 0) is 28.1 Å². The average Bonchev–Trinajstić information content (AvgIpc) is 3.00. The van der Waals surface area contributed by atoms with E-state index in [0.29, 0.717) is 0 Å². The van der Waals surface area contributed by atoms with Crippen LogP contribution in [0, 0.1) is 0 Å². The third kappa shape index (κ3) is 6.04. The molecule has 0 aliphatic carbocycles. The van der Waals surface area contributed by atoms with Crippen molar-refractivity contribution in [3.63, 3.8) is 0 Å². The maximum absolute atomic E-state index is 14.4. The van der Waals surface area contributed by atoms with Crippen LogP contribution in [0.5, 0.6) is 5.75 Å². The molecule has 0 spiro atoms. The van der Waals surface area contributed by atoms with Gasteiger partial charge in [0.1, 0.15) is 31.4 Å². The number of ether oxygens (including phenoxy) is 3. The van der Waals surface area contributed by atoms with Gasteiger partial charge in [-0.3, -0.25) is 9.32 Å². The van der Waals surface area contributed by atoms with Gasteiger partial charge in [-0.15, -0.1) is 0 Å². The van der Waals surface area contributed by atoms with E-state index in [1.807, 2.05) is 0 Å². The van der Waals surface area contributed by atoms with Gasteiger partial charge in [-0.05, 0) is 32.9 Å². The highest BCUT2D eigenvalue weighted by atomic mass is 31.2. The monoisotopic (exact) mass is 429 g/mol. The number of methoxy groups -OCH3 is 1. The first-order valence-corrected chi connectivity index (χ1v) is 11.1. The van der Waals surface area contributed by atoms with Gasteiger partial charge in [0.25, 0.3) is 0 Å². The second kappa shape index (κ2) is 10.6. The lowest BCUT2D eigenvalue weighted by Gasteiger charge is -2.26. The van der Waals surface area contributed by atoms with Crippen LogP contribution in [0.1, 0.15) is 20.8 Å². The van der Waals surface area contributed by atoms with E-state index in [2.05, 4.69) is 0 Å². The Hall–Kier alpha value is -1.41. The van der Waals surface area contributed by atoms with E-state index in [1.165, 1.54) is 14.0 Å². The molecule has 161 valence electrons. The molecular weight excluding hydrogens is 401 g/mol. The lowest BCUT2D eigenvalue weighted by atomic mass is 9.72. The van der Waals surface area contributed by atoms with E-state index >= 15 is 0 Å². The fourth-order valence-electron chi connectivity index (χ4n) is 2.91. The van der Waals surface area contributed by atoms with Crippen LogP contribution in [0.4, 0.5) is 4.39 Å². The van der Waals surface area contributed by atoms with Gasteiger partial charge in [-0.1, -0.05) is 25.0 Å². The van der Waals surface area contributed by atoms with Crippen LogP contribution < -0.4 is 4.52 Å². The van der Waals surface area contributed by atoms with Crippen molar-refractivity contribution in [2.75, 3.05) is 13.7 Å². The molecule has 1 aliphatic rings. The van der Waals surface area contributed by atoms with Gasteiger partial charge in [0.15, 0.2) is 5.66 Å². The molecule has 0 aromatic heterocycles. The van der Waals surface area contributed by atoms with Crippen molar-refractivity contribution in [2.24, 2.45) is 0 Å². The molecule has 1 saturated heterocycles. The highest BCUT2D eigenvalue weighted by Gasteiger charge is 2.47. The molecule has 2 unspecified atom stereocenters. The number of benzene rings is 1. The molecule has 10 heteroatoms. The highest BCUT2D eigenvalue weighted by molar-refractivity contribution is 7.56. The van der Waals surface area contributed by atoms with Crippen molar-refractivity contribution in [2.45, 2.75) is 63.7 Å². The number of hydrogen-bond donors (Lipinski definition) is 0. The summed E-state index contributed by atoms with van der Waals surface area (Å²) in [6, 6.07) is 7.61. The fourth-order valence-corrected chi connectivity index (χ4v) is 4.43. The SMILES string of the molecule is C[B][C@@H]1O[C@H](COP(=O)(Oc2ccccc2)[C@@H](C)C(=O)OC(C)C)[C@H](OC)C1F. The average molecular weight is 429 g/mol. The van der Waals surface area contributed by atoms with E-state index in [9.17, 15) is 13.8 Å². The topological polar surface area (TPSA) is 80.3 Å². The van der Waals surface area contributed by atoms with Crippen LogP contribution in [-0.4, -0.2) is 63.1 Å². The molecule has 1 fully saturated rings. The molecular formula is C19H28BFO7P. The molecule has 1 radical (unpaired) electrons. The molecule has 2 rings (SSSR count). The Morgan fingerprint density at radius 3 is 2.48 bits per heavy atom. The quantitative estimate of drug-likeness (QED) is 0.320. The minimum atomic E-state index is -4.02. The summed E-state index contributed by atoms with van der Waals surface area (Å²) in [4.78, 5) is 12.4. The molecule has 7 nitrogen and oxygen atoms in total. The van der Waals surface area contributed by atoms with Crippen molar-refractivity contribution >= 4 is 20.8 Å². The summed E-state index contributed by atoms with van der Waals surface area (Å²) in [7, 11) is -1.07. The third-order valence-electron chi connectivity index (χ3n) is 4.49. The molecule has 1 aliphatic heterocycles. The van der Waals surface area contributed by atoms with Crippen molar-refractivity contribution in [3.05, 3.63) is 30.3 Å². The summed E-state index contributed by atoms with van der Waals surface area (Å²) < 4.78 is 55.1. The minimum absolute atomic E-state index is 0.271. The predicted molar refractivity (Wildman–Crippen MR) is 107 cm³/mol. The Bertz CT molecular complexity index is 705. The van der Waals surface area contributed by atoms with Gasteiger partial charge in [0, 0.05) is 7.11 Å². The van der Waals surface area contributed by atoms with Gasteiger partial charge in [0.2, 0.25) is 0 Å². The first-order chi connectivity index (χ1) is 13.7. The number of carbonyl (C=O) groups excluding carboxylic acids is 1. The maximum atomic E-state index is 14.4. The molecule has 6 atom stereocenters. The molecule has 1 aromatic rings. The van der Waals surface area contributed by atoms with Gasteiger partial charge < -0.3 is 18.7 Å². The second-order valence-corrected chi connectivity index (χ2v) is 9.31. The van der Waals surface area contributed by atoms with E-state index in [1.54, 1.807) is 58.3 Å². The minimum Gasteiger partial charge on any atom is -0.462 e. The number of halogens is 1. The normalized spacial score (nSPS) is 27.3. The van der Waals surface area contributed by atoms with Crippen molar-refractivity contribution < 1.29 is 37.0 Å². The van der Waals surface area contributed by atoms with E-state index in [-0.39, 0.29) is 18.5 Å². The summed E-state index contributed by atoms with van der Waals surface area (Å²) in [5, 5.41) is 0. The van der Waals surface area contributed by atoms with Crippen LogP contribution in [0.3, 0.4) is 0 Å². The summed E-state index contributed by atoms with van der Waals surface area (Å²) in [6.45, 7) is 6.20. The van der Waals surface area contributed by atoms with Crippen molar-refractivity contribution in [3.8, 4) is 5.75 Å². The second-order valence-electron chi connectivity index (χ2n) is 7.02. The van der Waals surface area contributed by atoms with E-state index in [0.717, 1.165) is 0 Å². The van der Waals surface area contributed by atoms with Crippen molar-refractivity contribution in [1.29, 1.82) is 0 Å². The summed E-state index contributed by atoms with van der Waals surface area (Å²) in [6.07, 6.45) is -3.47.